The van der Waals surface area contributed by atoms with E-state index in [0.29, 0.717) is 37.5 Å². The first-order chi connectivity index (χ1) is 13.8. The molecule has 0 radical (unpaired) electrons. The molecule has 1 atom stereocenters. The Morgan fingerprint density at radius 3 is 1.97 bits per heavy atom. The van der Waals surface area contributed by atoms with E-state index in [2.05, 4.69) is 20.8 Å². The molecule has 1 unspecified atom stereocenters. The first-order valence-electron chi connectivity index (χ1n) is 10.2. The van der Waals surface area contributed by atoms with Crippen LogP contribution in [0.5, 0.6) is 5.75 Å². The van der Waals surface area contributed by atoms with Gasteiger partial charge < -0.3 is 14.5 Å². The Kier molecular flexibility index (Phi) is 6.26. The minimum Gasteiger partial charge on any atom is -0.481 e. The lowest BCUT2D eigenvalue weighted by Gasteiger charge is -2.36. The highest BCUT2D eigenvalue weighted by Crippen LogP contribution is 2.25. The molecule has 0 saturated carbocycles. The van der Waals surface area contributed by atoms with Crippen molar-refractivity contribution in [1.82, 2.24) is 9.80 Å². The molecule has 1 fully saturated rings. The second-order valence-electron chi connectivity index (χ2n) is 8.52. The Morgan fingerprint density at radius 2 is 1.41 bits per heavy atom. The van der Waals surface area contributed by atoms with Gasteiger partial charge in [0.2, 0.25) is 0 Å². The fraction of sp³-hybridized carbons (Fsp3) is 0.417. The second-order valence-corrected chi connectivity index (χ2v) is 8.52. The summed E-state index contributed by atoms with van der Waals surface area (Å²) >= 11 is 0. The summed E-state index contributed by atoms with van der Waals surface area (Å²) in [6, 6.07) is 17.2. The third-order valence-electron chi connectivity index (χ3n) is 5.28. The van der Waals surface area contributed by atoms with Gasteiger partial charge >= 0.3 is 0 Å². The van der Waals surface area contributed by atoms with Crippen LogP contribution in [0, 0.1) is 0 Å². The lowest BCUT2D eigenvalue weighted by molar-refractivity contribution is -0.139. The van der Waals surface area contributed by atoms with Gasteiger partial charge in [-0.25, -0.2) is 0 Å². The summed E-state index contributed by atoms with van der Waals surface area (Å²) in [6.07, 6.45) is -0.563. The van der Waals surface area contributed by atoms with Crippen molar-refractivity contribution in [2.45, 2.75) is 39.2 Å². The maximum Gasteiger partial charge on any atom is 0.263 e. The van der Waals surface area contributed by atoms with Crippen molar-refractivity contribution in [3.05, 3.63) is 65.7 Å². The molecule has 5 heteroatoms. The number of benzene rings is 2. The zero-order valence-corrected chi connectivity index (χ0v) is 17.7. The van der Waals surface area contributed by atoms with Gasteiger partial charge in [-0.05, 0) is 42.2 Å². The molecule has 2 amide bonds. The molecular weight excluding hydrogens is 364 g/mol. The number of amides is 2. The normalized spacial score (nSPS) is 15.7. The van der Waals surface area contributed by atoms with E-state index in [4.69, 9.17) is 4.74 Å². The molecule has 29 heavy (non-hydrogen) atoms. The Balaban J connectivity index is 1.53. The van der Waals surface area contributed by atoms with E-state index in [1.54, 1.807) is 16.7 Å². The highest BCUT2D eigenvalue weighted by molar-refractivity contribution is 5.94. The Bertz CT molecular complexity index is 833. The van der Waals surface area contributed by atoms with Crippen LogP contribution >= 0.6 is 0 Å². The van der Waals surface area contributed by atoms with Crippen molar-refractivity contribution in [2.75, 3.05) is 26.2 Å². The molecule has 0 bridgehead atoms. The predicted octanol–water partition coefficient (Wildman–Crippen LogP) is 3.74. The fourth-order valence-electron chi connectivity index (χ4n) is 3.44. The molecule has 154 valence electrons. The van der Waals surface area contributed by atoms with Crippen LogP contribution in [0.4, 0.5) is 0 Å². The van der Waals surface area contributed by atoms with E-state index in [1.807, 2.05) is 54.6 Å². The number of ether oxygens (including phenoxy) is 1. The van der Waals surface area contributed by atoms with E-state index in [0.717, 1.165) is 0 Å². The van der Waals surface area contributed by atoms with Crippen molar-refractivity contribution >= 4 is 11.8 Å². The molecule has 1 heterocycles. The minimum atomic E-state index is -0.563. The summed E-state index contributed by atoms with van der Waals surface area (Å²) in [6.45, 7) is 10.4. The number of nitrogens with zero attached hydrogens (tertiary/aromatic N) is 2. The monoisotopic (exact) mass is 394 g/mol. The first-order valence-corrected chi connectivity index (χ1v) is 10.2. The highest BCUT2D eigenvalue weighted by atomic mass is 16.5. The predicted molar refractivity (Wildman–Crippen MR) is 114 cm³/mol. The van der Waals surface area contributed by atoms with E-state index < -0.39 is 6.10 Å². The molecule has 2 aromatic carbocycles. The summed E-state index contributed by atoms with van der Waals surface area (Å²) in [5, 5.41) is 0. The van der Waals surface area contributed by atoms with Crippen LogP contribution in [-0.2, 0) is 10.2 Å². The maximum atomic E-state index is 12.8. The number of carbonyl (C=O) groups is 2. The summed E-state index contributed by atoms with van der Waals surface area (Å²) in [5.41, 5.74) is 1.99. The number of piperazine rings is 1. The number of rotatable bonds is 4. The van der Waals surface area contributed by atoms with Gasteiger partial charge in [0.05, 0.1) is 0 Å². The second kappa shape index (κ2) is 8.68. The van der Waals surface area contributed by atoms with Gasteiger partial charge in [-0.1, -0.05) is 51.1 Å². The summed E-state index contributed by atoms with van der Waals surface area (Å²) in [4.78, 5) is 28.9. The lowest BCUT2D eigenvalue weighted by Crippen LogP contribution is -2.53. The standard InChI is InChI=1S/C24H30N2O3/c1-18(29-21-12-10-20(11-13-21)24(2,3)4)22(27)25-14-16-26(17-15-25)23(28)19-8-6-5-7-9-19/h5-13,18H,14-17H2,1-4H3. The molecule has 5 nitrogen and oxygen atoms in total. The number of carbonyl (C=O) groups excluding carboxylic acids is 2. The highest BCUT2D eigenvalue weighted by Gasteiger charge is 2.28. The van der Waals surface area contributed by atoms with Gasteiger partial charge in [0, 0.05) is 31.7 Å². The van der Waals surface area contributed by atoms with Crippen LogP contribution in [0.2, 0.25) is 0 Å². The number of hydrogen-bond acceptors (Lipinski definition) is 3. The van der Waals surface area contributed by atoms with E-state index in [1.165, 1.54) is 5.56 Å². The van der Waals surface area contributed by atoms with Gasteiger partial charge in [0.15, 0.2) is 6.10 Å². The molecule has 1 saturated heterocycles. The maximum absolute atomic E-state index is 12.8. The van der Waals surface area contributed by atoms with Gasteiger partial charge in [-0.2, -0.15) is 0 Å². The lowest BCUT2D eigenvalue weighted by atomic mass is 9.87. The van der Waals surface area contributed by atoms with Crippen molar-refractivity contribution in [3.63, 3.8) is 0 Å². The van der Waals surface area contributed by atoms with Crippen LogP contribution in [0.3, 0.4) is 0 Å². The molecule has 1 aliphatic rings. The van der Waals surface area contributed by atoms with E-state index in [9.17, 15) is 9.59 Å². The van der Waals surface area contributed by atoms with E-state index in [-0.39, 0.29) is 17.2 Å². The molecule has 1 aliphatic heterocycles. The zero-order chi connectivity index (χ0) is 21.0. The van der Waals surface area contributed by atoms with E-state index >= 15 is 0 Å². The third-order valence-corrected chi connectivity index (χ3v) is 5.28. The van der Waals surface area contributed by atoms with Crippen molar-refractivity contribution in [2.24, 2.45) is 0 Å². The average molecular weight is 395 g/mol. The van der Waals surface area contributed by atoms with Crippen LogP contribution in [-0.4, -0.2) is 53.9 Å². The minimum absolute atomic E-state index is 0.0148. The van der Waals surface area contributed by atoms with Crippen molar-refractivity contribution < 1.29 is 14.3 Å². The Labute approximate surface area is 173 Å². The molecule has 2 aromatic rings. The van der Waals surface area contributed by atoms with Gasteiger partial charge in [-0.15, -0.1) is 0 Å². The largest absolute Gasteiger partial charge is 0.481 e. The fourth-order valence-corrected chi connectivity index (χ4v) is 3.44. The topological polar surface area (TPSA) is 49.9 Å². The molecule has 0 spiro atoms. The van der Waals surface area contributed by atoms with Gasteiger partial charge in [0.25, 0.3) is 11.8 Å². The van der Waals surface area contributed by atoms with Gasteiger partial charge in [0.1, 0.15) is 5.75 Å². The summed E-state index contributed by atoms with van der Waals surface area (Å²) < 4.78 is 5.87. The summed E-state index contributed by atoms with van der Waals surface area (Å²) in [5.74, 6) is 0.661. The summed E-state index contributed by atoms with van der Waals surface area (Å²) in [7, 11) is 0. The SMILES string of the molecule is CC(Oc1ccc(C(C)(C)C)cc1)C(=O)N1CCN(C(=O)c2ccccc2)CC1. The molecular formula is C24H30N2O3. The molecule has 3 rings (SSSR count). The Morgan fingerprint density at radius 1 is 0.862 bits per heavy atom. The van der Waals surface area contributed by atoms with Crippen LogP contribution in [0.1, 0.15) is 43.6 Å². The van der Waals surface area contributed by atoms with Crippen molar-refractivity contribution in [1.29, 1.82) is 0 Å². The third kappa shape index (κ3) is 5.17. The molecule has 0 aromatic heterocycles. The Hall–Kier alpha value is -2.82. The quantitative estimate of drug-likeness (QED) is 0.794. The van der Waals surface area contributed by atoms with Gasteiger partial charge in [-0.3, -0.25) is 9.59 Å². The molecule has 0 N–H and O–H groups in total. The average Bonchev–Trinajstić information content (AvgIpc) is 2.73. The number of hydrogen-bond donors (Lipinski definition) is 0. The smallest absolute Gasteiger partial charge is 0.263 e. The first kappa shape index (κ1) is 20.9. The zero-order valence-electron chi connectivity index (χ0n) is 17.7. The molecule has 0 aliphatic carbocycles. The van der Waals surface area contributed by atoms with Crippen molar-refractivity contribution in [3.8, 4) is 5.75 Å². The van der Waals surface area contributed by atoms with Crippen LogP contribution < -0.4 is 4.74 Å². The van der Waals surface area contributed by atoms with Crippen LogP contribution in [0.15, 0.2) is 54.6 Å². The van der Waals surface area contributed by atoms with Crippen LogP contribution in [0.25, 0.3) is 0 Å².